The molecular formula is C17H29ClN2. The van der Waals surface area contributed by atoms with E-state index in [0.717, 1.165) is 24.5 Å². The smallest absolute Gasteiger partial charge is 0.0409 e. The molecular weight excluding hydrogens is 268 g/mol. The Labute approximate surface area is 129 Å². The van der Waals surface area contributed by atoms with Gasteiger partial charge in [-0.2, -0.15) is 0 Å². The summed E-state index contributed by atoms with van der Waals surface area (Å²) in [4.78, 5) is 2.46. The third-order valence-corrected chi connectivity index (χ3v) is 4.17. The molecule has 0 aromatic heterocycles. The SMILES string of the molecule is CCCC(C)N(C)CCC(NCC)c1cccc(Cl)c1. The lowest BCUT2D eigenvalue weighted by atomic mass is 10.0. The zero-order chi connectivity index (χ0) is 15.0. The second-order valence-electron chi connectivity index (χ2n) is 5.57. The van der Waals surface area contributed by atoms with Gasteiger partial charge >= 0.3 is 0 Å². The lowest BCUT2D eigenvalue weighted by molar-refractivity contribution is 0.231. The van der Waals surface area contributed by atoms with Crippen LogP contribution in [0.5, 0.6) is 0 Å². The fourth-order valence-electron chi connectivity index (χ4n) is 2.55. The van der Waals surface area contributed by atoms with Crippen molar-refractivity contribution in [2.45, 2.75) is 52.1 Å². The molecule has 0 saturated carbocycles. The van der Waals surface area contributed by atoms with Crippen LogP contribution in [-0.2, 0) is 0 Å². The molecule has 0 heterocycles. The van der Waals surface area contributed by atoms with Crippen molar-refractivity contribution in [1.29, 1.82) is 0 Å². The Bertz CT molecular complexity index is 381. The molecule has 114 valence electrons. The van der Waals surface area contributed by atoms with Crippen molar-refractivity contribution in [2.24, 2.45) is 0 Å². The molecule has 0 fully saturated rings. The second-order valence-corrected chi connectivity index (χ2v) is 6.01. The van der Waals surface area contributed by atoms with Gasteiger partial charge in [0.2, 0.25) is 0 Å². The number of benzene rings is 1. The quantitative estimate of drug-likeness (QED) is 0.722. The highest BCUT2D eigenvalue weighted by Crippen LogP contribution is 2.21. The molecule has 0 aliphatic heterocycles. The van der Waals surface area contributed by atoms with Gasteiger partial charge < -0.3 is 10.2 Å². The van der Waals surface area contributed by atoms with Gasteiger partial charge in [0.1, 0.15) is 0 Å². The van der Waals surface area contributed by atoms with E-state index in [0.29, 0.717) is 12.1 Å². The Morgan fingerprint density at radius 3 is 2.60 bits per heavy atom. The maximum Gasteiger partial charge on any atom is 0.0409 e. The maximum atomic E-state index is 6.11. The van der Waals surface area contributed by atoms with Crippen molar-refractivity contribution in [3.05, 3.63) is 34.9 Å². The molecule has 0 radical (unpaired) electrons. The fraction of sp³-hybridized carbons (Fsp3) is 0.647. The summed E-state index contributed by atoms with van der Waals surface area (Å²) in [5.74, 6) is 0. The van der Waals surface area contributed by atoms with Crippen LogP contribution in [-0.4, -0.2) is 31.1 Å². The van der Waals surface area contributed by atoms with E-state index in [1.165, 1.54) is 18.4 Å². The predicted molar refractivity (Wildman–Crippen MR) is 89.5 cm³/mol. The van der Waals surface area contributed by atoms with Gasteiger partial charge in [-0.15, -0.1) is 0 Å². The summed E-state index contributed by atoms with van der Waals surface area (Å²) in [6.07, 6.45) is 3.62. The number of nitrogens with one attached hydrogen (secondary N) is 1. The third kappa shape index (κ3) is 5.82. The highest BCUT2D eigenvalue weighted by Gasteiger charge is 2.14. The third-order valence-electron chi connectivity index (χ3n) is 3.93. The van der Waals surface area contributed by atoms with Crippen molar-refractivity contribution in [3.63, 3.8) is 0 Å². The molecule has 2 nitrogen and oxygen atoms in total. The number of hydrogen-bond donors (Lipinski definition) is 1. The first-order valence-corrected chi connectivity index (χ1v) is 8.15. The van der Waals surface area contributed by atoms with E-state index in [9.17, 15) is 0 Å². The van der Waals surface area contributed by atoms with Crippen LogP contribution < -0.4 is 5.32 Å². The lowest BCUT2D eigenvalue weighted by Crippen LogP contribution is -2.32. The summed E-state index contributed by atoms with van der Waals surface area (Å²) in [5, 5.41) is 4.38. The molecule has 2 unspecified atom stereocenters. The Hall–Kier alpha value is -0.570. The van der Waals surface area contributed by atoms with Gasteiger partial charge in [-0.3, -0.25) is 0 Å². The summed E-state index contributed by atoms with van der Waals surface area (Å²) in [7, 11) is 2.22. The Kier molecular flexibility index (Phi) is 8.20. The molecule has 1 aromatic carbocycles. The van der Waals surface area contributed by atoms with Crippen molar-refractivity contribution < 1.29 is 0 Å². The van der Waals surface area contributed by atoms with E-state index in [4.69, 9.17) is 11.6 Å². The van der Waals surface area contributed by atoms with Crippen LogP contribution in [0.2, 0.25) is 5.02 Å². The van der Waals surface area contributed by atoms with Gasteiger partial charge in [0.15, 0.2) is 0 Å². The maximum absolute atomic E-state index is 6.11. The molecule has 1 N–H and O–H groups in total. The number of rotatable bonds is 9. The first-order chi connectivity index (χ1) is 9.58. The largest absolute Gasteiger partial charge is 0.310 e. The standard InChI is InChI=1S/C17H29ClN2/c1-5-8-14(3)20(4)12-11-17(19-6-2)15-9-7-10-16(18)13-15/h7,9-10,13-14,17,19H,5-6,8,11-12H2,1-4H3. The van der Waals surface area contributed by atoms with Gasteiger partial charge in [-0.25, -0.2) is 0 Å². The van der Waals surface area contributed by atoms with Gasteiger partial charge in [0, 0.05) is 17.1 Å². The van der Waals surface area contributed by atoms with E-state index in [1.54, 1.807) is 0 Å². The number of halogens is 1. The van der Waals surface area contributed by atoms with Crippen LogP contribution in [0.4, 0.5) is 0 Å². The first kappa shape index (κ1) is 17.5. The van der Waals surface area contributed by atoms with Gasteiger partial charge in [0.25, 0.3) is 0 Å². The lowest BCUT2D eigenvalue weighted by Gasteiger charge is -2.27. The van der Waals surface area contributed by atoms with Crippen LogP contribution in [0.3, 0.4) is 0 Å². The van der Waals surface area contributed by atoms with E-state index >= 15 is 0 Å². The topological polar surface area (TPSA) is 15.3 Å². The molecule has 1 aromatic rings. The molecule has 20 heavy (non-hydrogen) atoms. The molecule has 0 saturated heterocycles. The number of nitrogens with zero attached hydrogens (tertiary/aromatic N) is 1. The monoisotopic (exact) mass is 296 g/mol. The minimum Gasteiger partial charge on any atom is -0.310 e. The van der Waals surface area contributed by atoms with E-state index in [2.05, 4.69) is 50.2 Å². The summed E-state index contributed by atoms with van der Waals surface area (Å²) < 4.78 is 0. The zero-order valence-electron chi connectivity index (χ0n) is 13.3. The van der Waals surface area contributed by atoms with Crippen molar-refractivity contribution in [1.82, 2.24) is 10.2 Å². The molecule has 0 amide bonds. The summed E-state index contributed by atoms with van der Waals surface area (Å²) in [6.45, 7) is 8.79. The van der Waals surface area contributed by atoms with E-state index < -0.39 is 0 Å². The molecule has 0 aliphatic rings. The van der Waals surface area contributed by atoms with E-state index in [-0.39, 0.29) is 0 Å². The molecule has 0 spiro atoms. The van der Waals surface area contributed by atoms with Crippen molar-refractivity contribution >= 4 is 11.6 Å². The highest BCUT2D eigenvalue weighted by atomic mass is 35.5. The predicted octanol–water partition coefficient (Wildman–Crippen LogP) is 4.50. The first-order valence-electron chi connectivity index (χ1n) is 7.77. The normalized spacial score (nSPS) is 14.5. The average molecular weight is 297 g/mol. The fourth-order valence-corrected chi connectivity index (χ4v) is 2.75. The molecule has 2 atom stereocenters. The zero-order valence-corrected chi connectivity index (χ0v) is 14.1. The second kappa shape index (κ2) is 9.38. The van der Waals surface area contributed by atoms with Crippen LogP contribution in [0.25, 0.3) is 0 Å². The minimum atomic E-state index is 0.384. The van der Waals surface area contributed by atoms with Crippen molar-refractivity contribution in [3.8, 4) is 0 Å². The number of hydrogen-bond acceptors (Lipinski definition) is 2. The molecule has 0 aliphatic carbocycles. The minimum absolute atomic E-state index is 0.384. The van der Waals surface area contributed by atoms with Gasteiger partial charge in [-0.1, -0.05) is 44.0 Å². The van der Waals surface area contributed by atoms with Gasteiger partial charge in [-0.05, 0) is 57.6 Å². The summed E-state index contributed by atoms with van der Waals surface area (Å²) in [5.41, 5.74) is 1.29. The summed E-state index contributed by atoms with van der Waals surface area (Å²) >= 11 is 6.11. The van der Waals surface area contributed by atoms with E-state index in [1.807, 2.05) is 12.1 Å². The van der Waals surface area contributed by atoms with Crippen LogP contribution in [0.15, 0.2) is 24.3 Å². The highest BCUT2D eigenvalue weighted by molar-refractivity contribution is 6.30. The van der Waals surface area contributed by atoms with Crippen LogP contribution in [0.1, 0.15) is 51.6 Å². The summed E-state index contributed by atoms with van der Waals surface area (Å²) in [6, 6.07) is 9.24. The average Bonchev–Trinajstić information content (AvgIpc) is 2.43. The van der Waals surface area contributed by atoms with Gasteiger partial charge in [0.05, 0.1) is 0 Å². The molecule has 3 heteroatoms. The Balaban J connectivity index is 2.59. The molecule has 1 rings (SSSR count). The van der Waals surface area contributed by atoms with Crippen LogP contribution >= 0.6 is 11.6 Å². The Morgan fingerprint density at radius 1 is 1.25 bits per heavy atom. The Morgan fingerprint density at radius 2 is 2.00 bits per heavy atom. The molecule has 0 bridgehead atoms. The van der Waals surface area contributed by atoms with Crippen LogP contribution in [0, 0.1) is 0 Å². The van der Waals surface area contributed by atoms with Crippen molar-refractivity contribution in [2.75, 3.05) is 20.1 Å².